The molecule has 0 spiro atoms. The molecule has 0 amide bonds. The first-order valence-corrected chi connectivity index (χ1v) is 3.69. The Morgan fingerprint density at radius 3 is 2.60 bits per heavy atom. The smallest absolute Gasteiger partial charge is 0.0820 e. The van der Waals surface area contributed by atoms with Gasteiger partial charge in [0, 0.05) is 0 Å². The SMILES string of the molecule is CCC(C)/C=C/C(C)=C/O. The number of allylic oxidation sites excluding steroid dienone is 3. The van der Waals surface area contributed by atoms with Crippen LogP contribution in [0.5, 0.6) is 0 Å². The lowest BCUT2D eigenvalue weighted by Crippen LogP contribution is -1.83. The number of hydrogen-bond acceptors (Lipinski definition) is 1. The summed E-state index contributed by atoms with van der Waals surface area (Å²) in [5.41, 5.74) is 0.903. The van der Waals surface area contributed by atoms with Crippen LogP contribution in [0.4, 0.5) is 0 Å². The van der Waals surface area contributed by atoms with Crippen molar-refractivity contribution < 1.29 is 5.11 Å². The zero-order valence-corrected chi connectivity index (χ0v) is 6.96. The van der Waals surface area contributed by atoms with E-state index in [9.17, 15) is 0 Å². The van der Waals surface area contributed by atoms with Crippen LogP contribution in [0.3, 0.4) is 0 Å². The topological polar surface area (TPSA) is 20.2 Å². The van der Waals surface area contributed by atoms with E-state index in [2.05, 4.69) is 19.9 Å². The van der Waals surface area contributed by atoms with Crippen LogP contribution in [-0.4, -0.2) is 5.11 Å². The van der Waals surface area contributed by atoms with E-state index in [4.69, 9.17) is 5.11 Å². The van der Waals surface area contributed by atoms with Crippen molar-refractivity contribution in [1.82, 2.24) is 0 Å². The fourth-order valence-corrected chi connectivity index (χ4v) is 0.495. The third-order valence-electron chi connectivity index (χ3n) is 1.54. The summed E-state index contributed by atoms with van der Waals surface area (Å²) in [6.07, 6.45) is 6.31. The van der Waals surface area contributed by atoms with E-state index in [-0.39, 0.29) is 0 Å². The van der Waals surface area contributed by atoms with Crippen LogP contribution in [0.15, 0.2) is 24.0 Å². The van der Waals surface area contributed by atoms with Gasteiger partial charge in [-0.05, 0) is 18.4 Å². The molecule has 0 aromatic heterocycles. The first kappa shape index (κ1) is 9.28. The number of rotatable bonds is 3. The third-order valence-corrected chi connectivity index (χ3v) is 1.54. The fraction of sp³-hybridized carbons (Fsp3) is 0.556. The Bertz CT molecular complexity index is 134. The molecule has 0 aromatic rings. The Morgan fingerprint density at radius 1 is 1.60 bits per heavy atom. The molecule has 1 unspecified atom stereocenters. The van der Waals surface area contributed by atoms with Crippen molar-refractivity contribution in [2.75, 3.05) is 0 Å². The maximum Gasteiger partial charge on any atom is 0.0820 e. The Balaban J connectivity index is 3.75. The summed E-state index contributed by atoms with van der Waals surface area (Å²) in [4.78, 5) is 0. The van der Waals surface area contributed by atoms with Crippen molar-refractivity contribution in [3.05, 3.63) is 24.0 Å². The highest BCUT2D eigenvalue weighted by Crippen LogP contribution is 2.04. The van der Waals surface area contributed by atoms with Crippen molar-refractivity contribution in [2.24, 2.45) is 5.92 Å². The highest BCUT2D eigenvalue weighted by atomic mass is 16.2. The second-order valence-electron chi connectivity index (χ2n) is 2.62. The molecule has 0 aliphatic rings. The molecule has 10 heavy (non-hydrogen) atoms. The standard InChI is InChI=1S/C9H16O/c1-4-8(2)5-6-9(3)7-10/h5-8,10H,4H2,1-3H3/b6-5+,9-7+. The molecule has 1 nitrogen and oxygen atoms in total. The molecule has 1 N–H and O–H groups in total. The minimum absolute atomic E-state index is 0.606. The van der Waals surface area contributed by atoms with Gasteiger partial charge in [-0.3, -0.25) is 0 Å². The summed E-state index contributed by atoms with van der Waals surface area (Å²) in [7, 11) is 0. The number of hydrogen-bond donors (Lipinski definition) is 1. The van der Waals surface area contributed by atoms with Crippen LogP contribution in [-0.2, 0) is 0 Å². The average Bonchev–Trinajstić information content (AvgIpc) is 1.99. The molecular formula is C9H16O. The van der Waals surface area contributed by atoms with Gasteiger partial charge in [-0.2, -0.15) is 0 Å². The first-order valence-electron chi connectivity index (χ1n) is 3.69. The van der Waals surface area contributed by atoms with Gasteiger partial charge in [-0.25, -0.2) is 0 Å². The van der Waals surface area contributed by atoms with E-state index in [0.717, 1.165) is 18.3 Å². The fourth-order valence-electron chi connectivity index (χ4n) is 0.495. The molecule has 0 saturated carbocycles. The molecule has 0 saturated heterocycles. The van der Waals surface area contributed by atoms with Gasteiger partial charge in [-0.15, -0.1) is 0 Å². The lowest BCUT2D eigenvalue weighted by molar-refractivity contribution is 0.469. The van der Waals surface area contributed by atoms with E-state index in [0.29, 0.717) is 5.92 Å². The maximum absolute atomic E-state index is 8.51. The van der Waals surface area contributed by atoms with Crippen molar-refractivity contribution in [3.8, 4) is 0 Å². The van der Waals surface area contributed by atoms with E-state index in [1.807, 2.05) is 13.0 Å². The van der Waals surface area contributed by atoms with Gasteiger partial charge in [-0.1, -0.05) is 32.4 Å². The zero-order chi connectivity index (χ0) is 7.98. The van der Waals surface area contributed by atoms with Crippen LogP contribution in [0.1, 0.15) is 27.2 Å². The molecular weight excluding hydrogens is 124 g/mol. The monoisotopic (exact) mass is 140 g/mol. The Kier molecular flexibility index (Phi) is 4.73. The average molecular weight is 140 g/mol. The highest BCUT2D eigenvalue weighted by molar-refractivity contribution is 5.13. The van der Waals surface area contributed by atoms with Crippen LogP contribution in [0, 0.1) is 5.92 Å². The first-order chi connectivity index (χ1) is 4.70. The summed E-state index contributed by atoms with van der Waals surface area (Å²) < 4.78 is 0. The Labute approximate surface area is 63.1 Å². The van der Waals surface area contributed by atoms with E-state index < -0.39 is 0 Å². The Morgan fingerprint density at radius 2 is 2.20 bits per heavy atom. The van der Waals surface area contributed by atoms with Crippen LogP contribution in [0.2, 0.25) is 0 Å². The third kappa shape index (κ3) is 4.19. The van der Waals surface area contributed by atoms with Crippen molar-refractivity contribution in [2.45, 2.75) is 27.2 Å². The molecule has 0 aromatic carbocycles. The second-order valence-corrected chi connectivity index (χ2v) is 2.62. The second kappa shape index (κ2) is 5.10. The molecule has 0 rings (SSSR count). The van der Waals surface area contributed by atoms with Crippen molar-refractivity contribution >= 4 is 0 Å². The number of aliphatic hydroxyl groups is 1. The molecule has 0 fully saturated rings. The largest absolute Gasteiger partial charge is 0.515 e. The van der Waals surface area contributed by atoms with E-state index >= 15 is 0 Å². The number of aliphatic hydroxyl groups excluding tert-OH is 1. The van der Waals surface area contributed by atoms with Gasteiger partial charge in [0.25, 0.3) is 0 Å². The molecule has 0 heterocycles. The zero-order valence-electron chi connectivity index (χ0n) is 6.96. The summed E-state index contributed by atoms with van der Waals surface area (Å²) in [5, 5.41) is 8.51. The van der Waals surface area contributed by atoms with Gasteiger partial charge in [0.2, 0.25) is 0 Å². The molecule has 58 valence electrons. The molecule has 0 radical (unpaired) electrons. The molecule has 0 bridgehead atoms. The summed E-state index contributed by atoms with van der Waals surface area (Å²) in [5.74, 6) is 0.606. The van der Waals surface area contributed by atoms with Gasteiger partial charge in [0.1, 0.15) is 0 Å². The van der Waals surface area contributed by atoms with E-state index in [1.54, 1.807) is 0 Å². The molecule has 1 atom stereocenters. The van der Waals surface area contributed by atoms with Crippen molar-refractivity contribution in [1.29, 1.82) is 0 Å². The van der Waals surface area contributed by atoms with Gasteiger partial charge >= 0.3 is 0 Å². The molecule has 0 aliphatic heterocycles. The van der Waals surface area contributed by atoms with Crippen molar-refractivity contribution in [3.63, 3.8) is 0 Å². The minimum atomic E-state index is 0.606. The van der Waals surface area contributed by atoms with Crippen LogP contribution in [0.25, 0.3) is 0 Å². The van der Waals surface area contributed by atoms with Crippen LogP contribution < -0.4 is 0 Å². The quantitative estimate of drug-likeness (QED) is 0.472. The van der Waals surface area contributed by atoms with Gasteiger partial charge < -0.3 is 5.11 Å². The van der Waals surface area contributed by atoms with E-state index in [1.165, 1.54) is 0 Å². The lowest BCUT2D eigenvalue weighted by Gasteiger charge is -1.98. The highest BCUT2D eigenvalue weighted by Gasteiger charge is 1.89. The van der Waals surface area contributed by atoms with Gasteiger partial charge in [0.05, 0.1) is 6.26 Å². The molecule has 1 heteroatoms. The molecule has 0 aliphatic carbocycles. The normalized spacial score (nSPS) is 16.1. The predicted octanol–water partition coefficient (Wildman–Crippen LogP) is 3.05. The predicted molar refractivity (Wildman–Crippen MR) is 45.0 cm³/mol. The maximum atomic E-state index is 8.51. The lowest BCUT2D eigenvalue weighted by atomic mass is 10.1. The summed E-state index contributed by atoms with van der Waals surface area (Å²) in [6.45, 7) is 6.17. The summed E-state index contributed by atoms with van der Waals surface area (Å²) in [6, 6.07) is 0. The Hall–Kier alpha value is -0.720. The van der Waals surface area contributed by atoms with Gasteiger partial charge in [0.15, 0.2) is 0 Å². The van der Waals surface area contributed by atoms with Crippen LogP contribution >= 0.6 is 0 Å². The minimum Gasteiger partial charge on any atom is -0.515 e. The summed E-state index contributed by atoms with van der Waals surface area (Å²) >= 11 is 0.